The molecule has 4 nitrogen and oxygen atoms in total. The van der Waals surface area contributed by atoms with E-state index in [0.717, 1.165) is 27.8 Å². The van der Waals surface area contributed by atoms with E-state index in [2.05, 4.69) is 11.4 Å². The van der Waals surface area contributed by atoms with Crippen LogP contribution in [-0.4, -0.2) is 19.6 Å². The molecule has 0 saturated heterocycles. The van der Waals surface area contributed by atoms with E-state index < -0.39 is 0 Å². The van der Waals surface area contributed by atoms with Gasteiger partial charge < -0.3 is 14.5 Å². The van der Waals surface area contributed by atoms with Crippen molar-refractivity contribution in [3.05, 3.63) is 63.9 Å². The summed E-state index contributed by atoms with van der Waals surface area (Å²) in [5.74, 6) is 0.930. The van der Waals surface area contributed by atoms with Crippen molar-refractivity contribution in [3.63, 3.8) is 0 Å². The van der Waals surface area contributed by atoms with Crippen molar-refractivity contribution >= 4 is 28.5 Å². The number of rotatable bonds is 5. The van der Waals surface area contributed by atoms with Gasteiger partial charge in [-0.3, -0.25) is 4.79 Å². The predicted octanol–water partition coefficient (Wildman–Crippen LogP) is 4.68. The summed E-state index contributed by atoms with van der Waals surface area (Å²) in [4.78, 5) is 12.5. The van der Waals surface area contributed by atoms with Gasteiger partial charge in [0.05, 0.1) is 7.11 Å². The summed E-state index contributed by atoms with van der Waals surface area (Å²) < 4.78 is 11.1. The molecule has 3 rings (SSSR count). The van der Waals surface area contributed by atoms with E-state index in [9.17, 15) is 4.79 Å². The Morgan fingerprint density at radius 2 is 2.00 bits per heavy atom. The molecule has 0 bridgehead atoms. The molecule has 0 aliphatic heterocycles. The zero-order chi connectivity index (χ0) is 18.0. The van der Waals surface area contributed by atoms with Crippen LogP contribution in [0.3, 0.4) is 0 Å². The first kappa shape index (κ1) is 17.4. The Kier molecular flexibility index (Phi) is 5.00. The van der Waals surface area contributed by atoms with E-state index in [1.54, 1.807) is 19.2 Å². The largest absolute Gasteiger partial charge is 0.496 e. The van der Waals surface area contributed by atoms with Crippen molar-refractivity contribution in [2.24, 2.45) is 0 Å². The number of amides is 1. The molecule has 0 atom stereocenters. The van der Waals surface area contributed by atoms with E-state index in [1.165, 1.54) is 0 Å². The van der Waals surface area contributed by atoms with E-state index in [-0.39, 0.29) is 5.91 Å². The SMILES string of the molecule is COc1ccc(C)cc1CCNC(=O)c1oc2ccc(Cl)cc2c1C. The highest BCUT2D eigenvalue weighted by Gasteiger charge is 2.17. The van der Waals surface area contributed by atoms with Gasteiger partial charge in [0.2, 0.25) is 0 Å². The molecule has 0 aliphatic carbocycles. The number of methoxy groups -OCH3 is 1. The molecule has 25 heavy (non-hydrogen) atoms. The van der Waals surface area contributed by atoms with Crippen LogP contribution in [0.2, 0.25) is 5.02 Å². The van der Waals surface area contributed by atoms with Gasteiger partial charge in [-0.15, -0.1) is 0 Å². The first-order valence-corrected chi connectivity index (χ1v) is 8.47. The van der Waals surface area contributed by atoms with Crippen molar-refractivity contribution in [2.45, 2.75) is 20.3 Å². The standard InChI is InChI=1S/C20H20ClNO3/c1-12-4-6-17(24-3)14(10-12)8-9-22-20(23)19-13(2)16-11-15(21)5-7-18(16)25-19/h4-7,10-11H,8-9H2,1-3H3,(H,22,23). The minimum atomic E-state index is -0.226. The van der Waals surface area contributed by atoms with Crippen LogP contribution < -0.4 is 10.1 Å². The highest BCUT2D eigenvalue weighted by Crippen LogP contribution is 2.28. The van der Waals surface area contributed by atoms with Crippen LogP contribution in [0.15, 0.2) is 40.8 Å². The van der Waals surface area contributed by atoms with Gasteiger partial charge in [-0.1, -0.05) is 29.3 Å². The van der Waals surface area contributed by atoms with E-state index >= 15 is 0 Å². The topological polar surface area (TPSA) is 51.5 Å². The van der Waals surface area contributed by atoms with Crippen LogP contribution in [0.1, 0.15) is 27.2 Å². The van der Waals surface area contributed by atoms with Crippen LogP contribution >= 0.6 is 11.6 Å². The van der Waals surface area contributed by atoms with Crippen LogP contribution in [0.25, 0.3) is 11.0 Å². The highest BCUT2D eigenvalue weighted by molar-refractivity contribution is 6.31. The number of carbonyl (C=O) groups excluding carboxylic acids is 1. The first-order chi connectivity index (χ1) is 12.0. The predicted molar refractivity (Wildman–Crippen MR) is 99.7 cm³/mol. The fourth-order valence-electron chi connectivity index (χ4n) is 2.90. The molecule has 0 fully saturated rings. The zero-order valence-corrected chi connectivity index (χ0v) is 15.2. The van der Waals surface area contributed by atoms with Crippen molar-refractivity contribution in [1.82, 2.24) is 5.32 Å². The summed E-state index contributed by atoms with van der Waals surface area (Å²) in [6.07, 6.45) is 0.682. The Morgan fingerprint density at radius 1 is 1.20 bits per heavy atom. The maximum atomic E-state index is 12.5. The van der Waals surface area contributed by atoms with Gasteiger partial charge in [0.25, 0.3) is 5.91 Å². The maximum Gasteiger partial charge on any atom is 0.287 e. The number of carbonyl (C=O) groups is 1. The lowest BCUT2D eigenvalue weighted by molar-refractivity contribution is 0.0927. The summed E-state index contributed by atoms with van der Waals surface area (Å²) in [6.45, 7) is 4.39. The minimum absolute atomic E-state index is 0.226. The number of hydrogen-bond acceptors (Lipinski definition) is 3. The number of halogens is 1. The molecular formula is C20H20ClNO3. The summed E-state index contributed by atoms with van der Waals surface area (Å²) >= 11 is 6.02. The van der Waals surface area contributed by atoms with Gasteiger partial charge in [-0.25, -0.2) is 0 Å². The second-order valence-electron chi connectivity index (χ2n) is 6.02. The molecule has 3 aromatic rings. The summed E-state index contributed by atoms with van der Waals surface area (Å²) in [5, 5.41) is 4.39. The van der Waals surface area contributed by atoms with Gasteiger partial charge >= 0.3 is 0 Å². The Bertz CT molecular complexity index is 930. The third kappa shape index (κ3) is 3.64. The third-order valence-corrected chi connectivity index (χ3v) is 4.46. The average Bonchev–Trinajstić information content (AvgIpc) is 2.91. The molecule has 5 heteroatoms. The molecule has 130 valence electrons. The molecule has 0 radical (unpaired) electrons. The Balaban J connectivity index is 1.71. The Hall–Kier alpha value is -2.46. The second kappa shape index (κ2) is 7.19. The molecule has 2 aromatic carbocycles. The number of fused-ring (bicyclic) bond motifs is 1. The monoisotopic (exact) mass is 357 g/mol. The molecule has 1 aromatic heterocycles. The quantitative estimate of drug-likeness (QED) is 0.721. The Labute approximate surface area is 151 Å². The zero-order valence-electron chi connectivity index (χ0n) is 14.5. The van der Waals surface area contributed by atoms with Crippen LogP contribution in [0.5, 0.6) is 5.75 Å². The van der Waals surface area contributed by atoms with E-state index in [4.69, 9.17) is 20.8 Å². The molecular weight excluding hydrogens is 338 g/mol. The number of furan rings is 1. The van der Waals surface area contributed by atoms with Gasteiger partial charge in [-0.2, -0.15) is 0 Å². The van der Waals surface area contributed by atoms with Gasteiger partial charge in [0.15, 0.2) is 5.76 Å². The fourth-order valence-corrected chi connectivity index (χ4v) is 3.08. The van der Waals surface area contributed by atoms with Crippen molar-refractivity contribution in [2.75, 3.05) is 13.7 Å². The molecule has 1 N–H and O–H groups in total. The highest BCUT2D eigenvalue weighted by atomic mass is 35.5. The fraction of sp³-hybridized carbons (Fsp3) is 0.250. The smallest absolute Gasteiger partial charge is 0.287 e. The number of aryl methyl sites for hydroxylation is 2. The van der Waals surface area contributed by atoms with Crippen molar-refractivity contribution < 1.29 is 13.9 Å². The maximum absolute atomic E-state index is 12.5. The number of nitrogens with one attached hydrogen (secondary N) is 1. The minimum Gasteiger partial charge on any atom is -0.496 e. The summed E-state index contributed by atoms with van der Waals surface area (Å²) in [6, 6.07) is 11.4. The lowest BCUT2D eigenvalue weighted by atomic mass is 10.1. The van der Waals surface area contributed by atoms with E-state index in [1.807, 2.05) is 32.0 Å². The first-order valence-electron chi connectivity index (χ1n) is 8.10. The van der Waals surface area contributed by atoms with Crippen LogP contribution in [0.4, 0.5) is 0 Å². The normalized spacial score (nSPS) is 10.9. The molecule has 0 saturated carbocycles. The number of hydrogen-bond donors (Lipinski definition) is 1. The van der Waals surface area contributed by atoms with Crippen molar-refractivity contribution in [3.8, 4) is 5.75 Å². The van der Waals surface area contributed by atoms with Gasteiger partial charge in [0, 0.05) is 22.5 Å². The molecule has 0 unspecified atom stereocenters. The van der Waals surface area contributed by atoms with Crippen LogP contribution in [-0.2, 0) is 6.42 Å². The van der Waals surface area contributed by atoms with Crippen molar-refractivity contribution in [1.29, 1.82) is 0 Å². The molecule has 1 heterocycles. The third-order valence-electron chi connectivity index (χ3n) is 4.22. The average molecular weight is 358 g/mol. The van der Waals surface area contributed by atoms with Gasteiger partial charge in [-0.05, 0) is 50.1 Å². The van der Waals surface area contributed by atoms with E-state index in [0.29, 0.717) is 29.3 Å². The van der Waals surface area contributed by atoms with Crippen LogP contribution in [0, 0.1) is 13.8 Å². The van der Waals surface area contributed by atoms with Gasteiger partial charge in [0.1, 0.15) is 11.3 Å². The summed E-state index contributed by atoms with van der Waals surface area (Å²) in [7, 11) is 1.65. The lowest BCUT2D eigenvalue weighted by Gasteiger charge is -2.10. The molecule has 0 aliphatic rings. The number of benzene rings is 2. The number of ether oxygens (including phenoxy) is 1. The molecule has 1 amide bonds. The Morgan fingerprint density at radius 3 is 2.76 bits per heavy atom. The lowest BCUT2D eigenvalue weighted by Crippen LogP contribution is -2.26. The second-order valence-corrected chi connectivity index (χ2v) is 6.45. The summed E-state index contributed by atoms with van der Waals surface area (Å²) in [5.41, 5.74) is 3.68. The molecule has 0 spiro atoms.